The molecule has 1 atom stereocenters. The maximum atomic E-state index is 12.6. The summed E-state index contributed by atoms with van der Waals surface area (Å²) >= 11 is 0. The summed E-state index contributed by atoms with van der Waals surface area (Å²) < 4.78 is 13.4. The third-order valence-corrected chi connectivity index (χ3v) is 5.24. The van der Waals surface area contributed by atoms with Crippen molar-refractivity contribution >= 4 is 18.3 Å². The van der Waals surface area contributed by atoms with Gasteiger partial charge in [-0.1, -0.05) is 5.21 Å². The van der Waals surface area contributed by atoms with E-state index in [4.69, 9.17) is 9.47 Å². The van der Waals surface area contributed by atoms with Gasteiger partial charge in [0, 0.05) is 24.1 Å². The van der Waals surface area contributed by atoms with Crippen molar-refractivity contribution < 1.29 is 14.3 Å². The van der Waals surface area contributed by atoms with Gasteiger partial charge in [-0.25, -0.2) is 4.68 Å². The number of piperidine rings is 1. The standard InChI is InChI=1S/C20H27N5O3.ClH/c1-3-27-18-9-14-8-13(2)28-19(14)10-15(18)11-22-20(26)17-12-25(24-23-17)16-4-6-21-7-5-16;/h9-10,12-13,16,21H,3-8,11H2,1-2H3,(H,22,26);1H. The van der Waals surface area contributed by atoms with Crippen molar-refractivity contribution in [3.63, 3.8) is 0 Å². The fourth-order valence-electron chi connectivity index (χ4n) is 3.81. The summed E-state index contributed by atoms with van der Waals surface area (Å²) in [5, 5.41) is 14.5. The van der Waals surface area contributed by atoms with E-state index in [9.17, 15) is 4.79 Å². The van der Waals surface area contributed by atoms with Gasteiger partial charge in [0.15, 0.2) is 5.69 Å². The molecule has 1 unspecified atom stereocenters. The third-order valence-electron chi connectivity index (χ3n) is 5.24. The molecule has 9 heteroatoms. The van der Waals surface area contributed by atoms with E-state index in [0.717, 1.165) is 55.0 Å². The van der Waals surface area contributed by atoms with Crippen LogP contribution in [0.15, 0.2) is 18.3 Å². The van der Waals surface area contributed by atoms with Crippen LogP contribution in [0.25, 0.3) is 0 Å². The predicted molar refractivity (Wildman–Crippen MR) is 111 cm³/mol. The Hall–Kier alpha value is -2.32. The number of aromatic nitrogens is 3. The van der Waals surface area contributed by atoms with E-state index in [-0.39, 0.29) is 24.4 Å². The molecular weight excluding hydrogens is 394 g/mol. The highest BCUT2D eigenvalue weighted by molar-refractivity contribution is 5.91. The van der Waals surface area contributed by atoms with Crippen LogP contribution in [0.4, 0.5) is 0 Å². The summed E-state index contributed by atoms with van der Waals surface area (Å²) in [6, 6.07) is 4.29. The van der Waals surface area contributed by atoms with Crippen LogP contribution in [0.5, 0.6) is 11.5 Å². The van der Waals surface area contributed by atoms with Crippen LogP contribution in [-0.2, 0) is 13.0 Å². The fourth-order valence-corrected chi connectivity index (χ4v) is 3.81. The van der Waals surface area contributed by atoms with Crippen LogP contribution in [0.1, 0.15) is 54.3 Å². The predicted octanol–water partition coefficient (Wildman–Crippen LogP) is 2.28. The number of benzene rings is 1. The van der Waals surface area contributed by atoms with E-state index in [1.54, 1.807) is 6.20 Å². The number of nitrogens with one attached hydrogen (secondary N) is 2. The highest BCUT2D eigenvalue weighted by Crippen LogP contribution is 2.35. The van der Waals surface area contributed by atoms with Gasteiger partial charge in [0.1, 0.15) is 17.6 Å². The number of fused-ring (bicyclic) bond motifs is 1. The Balaban J connectivity index is 0.00000240. The lowest BCUT2D eigenvalue weighted by molar-refractivity contribution is 0.0945. The van der Waals surface area contributed by atoms with Crippen molar-refractivity contribution in [2.24, 2.45) is 0 Å². The SMILES string of the molecule is CCOc1cc2c(cc1CNC(=O)c1cn(C3CCNCC3)nn1)OC(C)C2.Cl. The molecule has 2 aliphatic rings. The van der Waals surface area contributed by atoms with E-state index < -0.39 is 0 Å². The van der Waals surface area contributed by atoms with Crippen molar-refractivity contribution in [2.75, 3.05) is 19.7 Å². The van der Waals surface area contributed by atoms with E-state index in [2.05, 4.69) is 20.9 Å². The second-order valence-corrected chi connectivity index (χ2v) is 7.38. The van der Waals surface area contributed by atoms with Crippen LogP contribution in [0, 0.1) is 0 Å². The lowest BCUT2D eigenvalue weighted by Gasteiger charge is -2.22. The smallest absolute Gasteiger partial charge is 0.273 e. The first-order chi connectivity index (χ1) is 13.6. The molecule has 2 aliphatic heterocycles. The van der Waals surface area contributed by atoms with E-state index >= 15 is 0 Å². The summed E-state index contributed by atoms with van der Waals surface area (Å²) in [5.41, 5.74) is 2.38. The van der Waals surface area contributed by atoms with Crippen molar-refractivity contribution in [2.45, 2.75) is 51.8 Å². The number of halogens is 1. The van der Waals surface area contributed by atoms with Gasteiger partial charge in [-0.3, -0.25) is 4.79 Å². The Bertz CT molecular complexity index is 851. The van der Waals surface area contributed by atoms with Crippen LogP contribution in [0.3, 0.4) is 0 Å². The lowest BCUT2D eigenvalue weighted by Crippen LogP contribution is -2.29. The van der Waals surface area contributed by atoms with E-state index in [1.165, 1.54) is 0 Å². The summed E-state index contributed by atoms with van der Waals surface area (Å²) in [4.78, 5) is 12.6. The van der Waals surface area contributed by atoms with Gasteiger partial charge in [0.25, 0.3) is 5.91 Å². The molecule has 1 amide bonds. The number of rotatable bonds is 6. The monoisotopic (exact) mass is 421 g/mol. The van der Waals surface area contributed by atoms with Gasteiger partial charge in [0.05, 0.1) is 18.8 Å². The molecule has 0 bridgehead atoms. The average molecular weight is 422 g/mol. The zero-order valence-electron chi connectivity index (χ0n) is 16.8. The molecule has 8 nitrogen and oxygen atoms in total. The van der Waals surface area contributed by atoms with Crippen LogP contribution >= 0.6 is 12.4 Å². The van der Waals surface area contributed by atoms with Gasteiger partial charge in [-0.05, 0) is 51.9 Å². The molecule has 0 aliphatic carbocycles. The van der Waals surface area contributed by atoms with Gasteiger partial charge < -0.3 is 20.1 Å². The van der Waals surface area contributed by atoms with E-state index in [0.29, 0.717) is 24.9 Å². The zero-order chi connectivity index (χ0) is 19.5. The van der Waals surface area contributed by atoms with Crippen molar-refractivity contribution in [3.05, 3.63) is 35.2 Å². The zero-order valence-corrected chi connectivity index (χ0v) is 17.6. The van der Waals surface area contributed by atoms with Crippen molar-refractivity contribution in [1.29, 1.82) is 0 Å². The number of ether oxygens (including phenoxy) is 2. The fraction of sp³-hybridized carbons (Fsp3) is 0.550. The highest BCUT2D eigenvalue weighted by atomic mass is 35.5. The molecule has 0 saturated carbocycles. The summed E-state index contributed by atoms with van der Waals surface area (Å²) in [6.07, 6.45) is 4.77. The van der Waals surface area contributed by atoms with E-state index in [1.807, 2.05) is 30.7 Å². The minimum atomic E-state index is -0.239. The summed E-state index contributed by atoms with van der Waals surface area (Å²) in [6.45, 7) is 6.85. The molecule has 1 aromatic carbocycles. The molecule has 1 aromatic heterocycles. The van der Waals surface area contributed by atoms with Crippen molar-refractivity contribution in [1.82, 2.24) is 25.6 Å². The Kier molecular flexibility index (Phi) is 6.97. The maximum Gasteiger partial charge on any atom is 0.273 e. The minimum absolute atomic E-state index is 0. The molecule has 2 aromatic rings. The number of hydrogen-bond donors (Lipinski definition) is 2. The minimum Gasteiger partial charge on any atom is -0.494 e. The highest BCUT2D eigenvalue weighted by Gasteiger charge is 2.23. The number of amides is 1. The van der Waals surface area contributed by atoms with Gasteiger partial charge in [0.2, 0.25) is 0 Å². The molecule has 0 spiro atoms. The summed E-state index contributed by atoms with van der Waals surface area (Å²) in [7, 11) is 0. The normalized spacial score (nSPS) is 18.5. The molecular formula is C20H28ClN5O3. The first-order valence-electron chi connectivity index (χ1n) is 10.00. The first kappa shape index (κ1) is 21.4. The average Bonchev–Trinajstić information content (AvgIpc) is 3.33. The largest absolute Gasteiger partial charge is 0.494 e. The third kappa shape index (κ3) is 4.82. The number of hydrogen-bond acceptors (Lipinski definition) is 6. The van der Waals surface area contributed by atoms with Crippen LogP contribution in [-0.4, -0.2) is 46.7 Å². The van der Waals surface area contributed by atoms with Gasteiger partial charge >= 0.3 is 0 Å². The number of nitrogens with zero attached hydrogens (tertiary/aromatic N) is 3. The summed E-state index contributed by atoms with van der Waals surface area (Å²) in [5.74, 6) is 1.42. The van der Waals surface area contributed by atoms with Crippen LogP contribution < -0.4 is 20.1 Å². The molecule has 4 rings (SSSR count). The molecule has 0 radical (unpaired) electrons. The Morgan fingerprint density at radius 1 is 1.38 bits per heavy atom. The molecule has 158 valence electrons. The second kappa shape index (κ2) is 9.45. The van der Waals surface area contributed by atoms with Gasteiger partial charge in [-0.2, -0.15) is 0 Å². The van der Waals surface area contributed by atoms with Crippen LogP contribution in [0.2, 0.25) is 0 Å². The molecule has 2 N–H and O–H groups in total. The van der Waals surface area contributed by atoms with Crippen molar-refractivity contribution in [3.8, 4) is 11.5 Å². The van der Waals surface area contributed by atoms with Gasteiger partial charge in [-0.15, -0.1) is 17.5 Å². The molecule has 3 heterocycles. The Morgan fingerprint density at radius 2 is 2.17 bits per heavy atom. The maximum absolute atomic E-state index is 12.6. The lowest BCUT2D eigenvalue weighted by atomic mass is 10.1. The Labute approximate surface area is 176 Å². The Morgan fingerprint density at radius 3 is 2.93 bits per heavy atom. The second-order valence-electron chi connectivity index (χ2n) is 7.38. The molecule has 1 fully saturated rings. The quantitative estimate of drug-likeness (QED) is 0.743. The first-order valence-corrected chi connectivity index (χ1v) is 10.00. The molecule has 1 saturated heterocycles. The number of carbonyl (C=O) groups is 1. The topological polar surface area (TPSA) is 90.3 Å². The molecule has 29 heavy (non-hydrogen) atoms. The number of carbonyl (C=O) groups excluding carboxylic acids is 1.